The van der Waals surface area contributed by atoms with E-state index in [0.717, 1.165) is 18.9 Å². The van der Waals surface area contributed by atoms with Crippen molar-refractivity contribution in [3.63, 3.8) is 0 Å². The van der Waals surface area contributed by atoms with Gasteiger partial charge in [-0.3, -0.25) is 4.79 Å². The third kappa shape index (κ3) is 2.68. The van der Waals surface area contributed by atoms with Crippen LogP contribution in [0.2, 0.25) is 0 Å². The van der Waals surface area contributed by atoms with Crippen molar-refractivity contribution in [2.75, 3.05) is 6.61 Å². The molecule has 0 saturated heterocycles. The van der Waals surface area contributed by atoms with Crippen molar-refractivity contribution in [3.8, 4) is 0 Å². The standard InChI is InChI=1S/C16H15BrFNO4/c1-2-23-16(22)10-6-19(8-3-4-8)14-9(15(10)21)5-12(18)13(17)11(14)7-20/h5-6,8,20H,2-4,7H2,1H3. The van der Waals surface area contributed by atoms with Crippen LogP contribution < -0.4 is 5.43 Å². The van der Waals surface area contributed by atoms with Crippen LogP contribution in [-0.2, 0) is 11.3 Å². The van der Waals surface area contributed by atoms with Crippen molar-refractivity contribution in [2.45, 2.75) is 32.4 Å². The monoisotopic (exact) mass is 383 g/mol. The molecule has 1 aliphatic carbocycles. The van der Waals surface area contributed by atoms with Gasteiger partial charge >= 0.3 is 5.97 Å². The van der Waals surface area contributed by atoms with Gasteiger partial charge in [0.05, 0.1) is 23.2 Å². The minimum absolute atomic E-state index is 0.0761. The van der Waals surface area contributed by atoms with Crippen LogP contribution in [0.1, 0.15) is 41.7 Å². The van der Waals surface area contributed by atoms with Crippen molar-refractivity contribution >= 4 is 32.8 Å². The minimum atomic E-state index is -0.720. The molecule has 0 aliphatic heterocycles. The number of nitrogens with zero attached hydrogens (tertiary/aromatic N) is 1. The van der Waals surface area contributed by atoms with E-state index < -0.39 is 23.8 Å². The average molecular weight is 384 g/mol. The summed E-state index contributed by atoms with van der Waals surface area (Å²) >= 11 is 3.12. The van der Waals surface area contributed by atoms with Crippen molar-refractivity contribution in [1.29, 1.82) is 0 Å². The van der Waals surface area contributed by atoms with Gasteiger partial charge in [0.15, 0.2) is 0 Å². The Balaban J connectivity index is 2.40. The lowest BCUT2D eigenvalue weighted by molar-refractivity contribution is 0.0524. The van der Waals surface area contributed by atoms with Crippen LogP contribution >= 0.6 is 15.9 Å². The molecule has 0 atom stereocenters. The highest BCUT2D eigenvalue weighted by Crippen LogP contribution is 2.39. The zero-order chi connectivity index (χ0) is 16.7. The van der Waals surface area contributed by atoms with Gasteiger partial charge in [0.1, 0.15) is 11.4 Å². The van der Waals surface area contributed by atoms with E-state index in [1.54, 1.807) is 11.5 Å². The van der Waals surface area contributed by atoms with E-state index in [2.05, 4.69) is 15.9 Å². The number of hydrogen-bond acceptors (Lipinski definition) is 4. The number of rotatable bonds is 4. The quantitative estimate of drug-likeness (QED) is 0.824. The number of carbonyl (C=O) groups excluding carboxylic acids is 1. The summed E-state index contributed by atoms with van der Waals surface area (Å²) in [6, 6.07) is 1.23. The van der Waals surface area contributed by atoms with Crippen LogP contribution in [0.3, 0.4) is 0 Å². The number of carbonyl (C=O) groups is 1. The Hall–Kier alpha value is -1.73. The second-order valence-electron chi connectivity index (χ2n) is 5.44. The molecule has 1 saturated carbocycles. The van der Waals surface area contributed by atoms with Crippen LogP contribution in [0.25, 0.3) is 10.9 Å². The average Bonchev–Trinajstić information content (AvgIpc) is 3.35. The largest absolute Gasteiger partial charge is 0.462 e. The third-order valence-corrected chi connectivity index (χ3v) is 4.75. The first-order chi connectivity index (χ1) is 11.0. The van der Waals surface area contributed by atoms with Crippen LogP contribution in [0, 0.1) is 5.82 Å². The molecule has 1 aliphatic rings. The molecule has 1 aromatic carbocycles. The number of hydrogen-bond donors (Lipinski definition) is 1. The minimum Gasteiger partial charge on any atom is -0.462 e. The Bertz CT molecular complexity index is 858. The second-order valence-corrected chi connectivity index (χ2v) is 6.23. The highest BCUT2D eigenvalue weighted by atomic mass is 79.9. The van der Waals surface area contributed by atoms with Crippen molar-refractivity contribution in [3.05, 3.63) is 43.9 Å². The molecule has 2 aromatic rings. The predicted molar refractivity (Wildman–Crippen MR) is 86.0 cm³/mol. The Morgan fingerprint density at radius 2 is 2.22 bits per heavy atom. The smallest absolute Gasteiger partial charge is 0.343 e. The fraction of sp³-hybridized carbons (Fsp3) is 0.375. The van der Waals surface area contributed by atoms with E-state index in [0.29, 0.717) is 11.1 Å². The van der Waals surface area contributed by atoms with Crippen LogP contribution in [0.15, 0.2) is 21.5 Å². The molecule has 122 valence electrons. The number of aliphatic hydroxyl groups is 1. The van der Waals surface area contributed by atoms with Crippen LogP contribution in [0.4, 0.5) is 4.39 Å². The molecule has 1 heterocycles. The molecule has 0 radical (unpaired) electrons. The number of aliphatic hydroxyl groups excluding tert-OH is 1. The lowest BCUT2D eigenvalue weighted by atomic mass is 10.1. The normalized spacial score (nSPS) is 14.3. The summed E-state index contributed by atoms with van der Waals surface area (Å²) in [7, 11) is 0. The van der Waals surface area contributed by atoms with Crippen molar-refractivity contribution in [1.82, 2.24) is 4.57 Å². The van der Waals surface area contributed by atoms with E-state index in [4.69, 9.17) is 4.74 Å². The number of pyridine rings is 1. The van der Waals surface area contributed by atoms with E-state index in [9.17, 15) is 19.1 Å². The molecule has 1 aromatic heterocycles. The predicted octanol–water partition coefficient (Wildman–Crippen LogP) is 2.91. The zero-order valence-corrected chi connectivity index (χ0v) is 14.0. The van der Waals surface area contributed by atoms with E-state index in [1.807, 2.05) is 0 Å². The van der Waals surface area contributed by atoms with Crippen molar-refractivity contribution in [2.24, 2.45) is 0 Å². The van der Waals surface area contributed by atoms with Gasteiger partial charge in [-0.05, 0) is 41.8 Å². The van der Waals surface area contributed by atoms with Gasteiger partial charge in [-0.1, -0.05) is 0 Å². The van der Waals surface area contributed by atoms with Gasteiger partial charge in [-0.15, -0.1) is 0 Å². The number of fused-ring (bicyclic) bond motifs is 1. The highest BCUT2D eigenvalue weighted by molar-refractivity contribution is 9.10. The summed E-state index contributed by atoms with van der Waals surface area (Å²) in [6.45, 7) is 1.38. The Morgan fingerprint density at radius 3 is 2.78 bits per heavy atom. The molecule has 1 fully saturated rings. The summed E-state index contributed by atoms with van der Waals surface area (Å²) < 4.78 is 20.9. The summed E-state index contributed by atoms with van der Waals surface area (Å²) in [5.74, 6) is -1.37. The molecular weight excluding hydrogens is 369 g/mol. The number of benzene rings is 1. The second kappa shape index (κ2) is 6.05. The van der Waals surface area contributed by atoms with Crippen LogP contribution in [-0.4, -0.2) is 22.2 Å². The van der Waals surface area contributed by atoms with Gasteiger partial charge in [0.25, 0.3) is 0 Å². The van der Waals surface area contributed by atoms with Crippen LogP contribution in [0.5, 0.6) is 0 Å². The molecule has 1 N–H and O–H groups in total. The maximum absolute atomic E-state index is 14.1. The SMILES string of the molecule is CCOC(=O)c1cn(C2CC2)c2c(CO)c(Br)c(F)cc2c1=O. The first-order valence-corrected chi connectivity index (χ1v) is 8.12. The fourth-order valence-corrected chi connectivity index (χ4v) is 3.11. The van der Waals surface area contributed by atoms with Gasteiger partial charge in [-0.2, -0.15) is 0 Å². The summed E-state index contributed by atoms with van der Waals surface area (Å²) in [5.41, 5.74) is 0.0639. The molecule has 0 spiro atoms. The summed E-state index contributed by atoms with van der Waals surface area (Å²) in [4.78, 5) is 24.6. The summed E-state index contributed by atoms with van der Waals surface area (Å²) in [6.07, 6.45) is 3.27. The number of halogens is 2. The molecule has 0 unspecified atom stereocenters. The molecule has 0 bridgehead atoms. The maximum atomic E-state index is 14.1. The number of aromatic nitrogens is 1. The first-order valence-electron chi connectivity index (χ1n) is 7.33. The molecule has 0 amide bonds. The number of esters is 1. The Labute approximate surface area is 139 Å². The van der Waals surface area contributed by atoms with Gasteiger partial charge in [0.2, 0.25) is 5.43 Å². The van der Waals surface area contributed by atoms with Gasteiger partial charge < -0.3 is 14.4 Å². The summed E-state index contributed by atoms with van der Waals surface area (Å²) in [5, 5.41) is 9.69. The first kappa shape index (κ1) is 16.1. The van der Waals surface area contributed by atoms with Gasteiger partial charge in [-0.25, -0.2) is 9.18 Å². The van der Waals surface area contributed by atoms with Crippen molar-refractivity contribution < 1.29 is 19.0 Å². The topological polar surface area (TPSA) is 68.5 Å². The molecule has 3 rings (SSSR count). The molecule has 7 heteroatoms. The zero-order valence-electron chi connectivity index (χ0n) is 12.4. The van der Waals surface area contributed by atoms with E-state index in [-0.39, 0.29) is 28.1 Å². The molecule has 23 heavy (non-hydrogen) atoms. The molecule has 5 nitrogen and oxygen atoms in total. The van der Waals surface area contributed by atoms with Gasteiger partial charge in [0, 0.05) is 23.2 Å². The number of ether oxygens (including phenoxy) is 1. The molecular formula is C16H15BrFNO4. The highest BCUT2D eigenvalue weighted by Gasteiger charge is 2.29. The third-order valence-electron chi connectivity index (χ3n) is 3.90. The van der Waals surface area contributed by atoms with E-state index >= 15 is 0 Å². The lowest BCUT2D eigenvalue weighted by Gasteiger charge is -2.16. The lowest BCUT2D eigenvalue weighted by Crippen LogP contribution is -2.21. The maximum Gasteiger partial charge on any atom is 0.343 e. The Kier molecular flexibility index (Phi) is 4.25. The van der Waals surface area contributed by atoms with E-state index in [1.165, 1.54) is 6.20 Å². The fourth-order valence-electron chi connectivity index (χ4n) is 2.68. The Morgan fingerprint density at radius 1 is 1.52 bits per heavy atom.